The topological polar surface area (TPSA) is 61.4 Å². The number of halogens is 2. The molecule has 142 valence electrons. The molecule has 2 aromatic carbocycles. The van der Waals surface area contributed by atoms with Gasteiger partial charge in [-0.3, -0.25) is 9.59 Å². The van der Waals surface area contributed by atoms with Crippen molar-refractivity contribution in [2.75, 3.05) is 30.3 Å². The molecule has 0 bridgehead atoms. The Hall–Kier alpha value is -2.24. The molecule has 1 aliphatic heterocycles. The number of carbonyl (C=O) groups is 2. The summed E-state index contributed by atoms with van der Waals surface area (Å²) in [6.45, 7) is 1.67. The minimum Gasteiger partial charge on any atom is -0.376 e. The highest BCUT2D eigenvalue weighted by atomic mass is 35.5. The molecule has 2 aromatic rings. The van der Waals surface area contributed by atoms with Gasteiger partial charge in [-0.25, -0.2) is 0 Å². The lowest BCUT2D eigenvalue weighted by Crippen LogP contribution is -2.35. The zero-order chi connectivity index (χ0) is 19.2. The molecule has 0 radical (unpaired) electrons. The zero-order valence-electron chi connectivity index (χ0n) is 14.8. The third kappa shape index (κ3) is 5.37. The number of rotatable bonds is 5. The van der Waals surface area contributed by atoms with Gasteiger partial charge in [-0.2, -0.15) is 0 Å². The van der Waals surface area contributed by atoms with Crippen LogP contribution in [0.5, 0.6) is 0 Å². The van der Waals surface area contributed by atoms with Gasteiger partial charge in [0.15, 0.2) is 0 Å². The first-order valence-electron chi connectivity index (χ1n) is 8.91. The Morgan fingerprint density at radius 1 is 1.00 bits per heavy atom. The third-order valence-electron chi connectivity index (χ3n) is 4.41. The third-order valence-corrected chi connectivity index (χ3v) is 4.96. The van der Waals surface area contributed by atoms with E-state index in [1.165, 1.54) is 6.42 Å². The van der Waals surface area contributed by atoms with E-state index in [4.69, 9.17) is 23.2 Å². The van der Waals surface area contributed by atoms with Crippen LogP contribution in [0, 0.1) is 0 Å². The van der Waals surface area contributed by atoms with Crippen LogP contribution in [-0.4, -0.2) is 36.3 Å². The van der Waals surface area contributed by atoms with Crippen molar-refractivity contribution < 1.29 is 9.59 Å². The van der Waals surface area contributed by atoms with Gasteiger partial charge in [0, 0.05) is 29.4 Å². The molecule has 0 aliphatic carbocycles. The molecule has 1 fully saturated rings. The summed E-state index contributed by atoms with van der Waals surface area (Å²) in [7, 11) is 0. The second-order valence-electron chi connectivity index (χ2n) is 6.46. The molecule has 0 aromatic heterocycles. The number of likely N-dealkylation sites (tertiary alicyclic amines) is 1. The lowest BCUT2D eigenvalue weighted by Gasteiger charge is -2.26. The van der Waals surface area contributed by atoms with Gasteiger partial charge in [0.25, 0.3) is 5.91 Å². The molecule has 1 aliphatic rings. The van der Waals surface area contributed by atoms with E-state index >= 15 is 0 Å². The van der Waals surface area contributed by atoms with Gasteiger partial charge in [0.2, 0.25) is 5.91 Å². The van der Waals surface area contributed by atoms with Crippen LogP contribution >= 0.6 is 23.2 Å². The van der Waals surface area contributed by atoms with Crippen LogP contribution in [0.4, 0.5) is 11.4 Å². The number of amides is 2. The van der Waals surface area contributed by atoms with Crippen LogP contribution in [0.1, 0.15) is 29.6 Å². The van der Waals surface area contributed by atoms with Crippen molar-refractivity contribution in [2.24, 2.45) is 0 Å². The van der Waals surface area contributed by atoms with Gasteiger partial charge in [-0.05, 0) is 55.7 Å². The molecule has 5 nitrogen and oxygen atoms in total. The first-order chi connectivity index (χ1) is 13.0. The van der Waals surface area contributed by atoms with Crippen LogP contribution < -0.4 is 10.6 Å². The Kier molecular flexibility index (Phi) is 6.58. The predicted molar refractivity (Wildman–Crippen MR) is 110 cm³/mol. The summed E-state index contributed by atoms with van der Waals surface area (Å²) >= 11 is 11.9. The van der Waals surface area contributed by atoms with Gasteiger partial charge < -0.3 is 15.5 Å². The summed E-state index contributed by atoms with van der Waals surface area (Å²) in [5.74, 6) is -0.206. The van der Waals surface area contributed by atoms with E-state index < -0.39 is 0 Å². The number of benzene rings is 2. The smallest absolute Gasteiger partial charge is 0.253 e. The second kappa shape index (κ2) is 9.11. The molecular formula is C20H21Cl2N3O2. The molecule has 0 saturated carbocycles. The second-order valence-corrected chi connectivity index (χ2v) is 7.30. The Morgan fingerprint density at radius 3 is 2.52 bits per heavy atom. The van der Waals surface area contributed by atoms with Gasteiger partial charge >= 0.3 is 0 Å². The molecule has 1 saturated heterocycles. The highest BCUT2D eigenvalue weighted by Crippen LogP contribution is 2.25. The molecule has 3 rings (SSSR count). The largest absolute Gasteiger partial charge is 0.376 e. The lowest BCUT2D eigenvalue weighted by atomic mass is 10.1. The van der Waals surface area contributed by atoms with Gasteiger partial charge in [-0.15, -0.1) is 0 Å². The minimum absolute atomic E-state index is 0.0377. The average molecular weight is 406 g/mol. The zero-order valence-corrected chi connectivity index (χ0v) is 16.3. The van der Waals surface area contributed by atoms with Crippen molar-refractivity contribution in [2.45, 2.75) is 19.3 Å². The summed E-state index contributed by atoms with van der Waals surface area (Å²) < 4.78 is 0. The van der Waals surface area contributed by atoms with E-state index in [0.29, 0.717) is 21.3 Å². The Bertz CT molecular complexity index is 836. The monoisotopic (exact) mass is 405 g/mol. The molecule has 0 spiro atoms. The molecule has 0 atom stereocenters. The predicted octanol–water partition coefficient (Wildman–Crippen LogP) is 4.67. The van der Waals surface area contributed by atoms with E-state index in [9.17, 15) is 9.59 Å². The highest BCUT2D eigenvalue weighted by Gasteiger charge is 2.18. The first kappa shape index (κ1) is 19.5. The van der Waals surface area contributed by atoms with Crippen LogP contribution in [0.3, 0.4) is 0 Å². The first-order valence-corrected chi connectivity index (χ1v) is 9.66. The van der Waals surface area contributed by atoms with Crippen LogP contribution in [-0.2, 0) is 4.79 Å². The number of anilines is 2. The quantitative estimate of drug-likeness (QED) is 0.759. The van der Waals surface area contributed by atoms with Crippen molar-refractivity contribution in [1.82, 2.24) is 4.90 Å². The lowest BCUT2D eigenvalue weighted by molar-refractivity contribution is -0.114. The number of nitrogens with one attached hydrogen (secondary N) is 2. The summed E-state index contributed by atoms with van der Waals surface area (Å²) in [5, 5.41) is 6.66. The standard InChI is InChI=1S/C20H21Cl2N3O2/c21-15-7-8-18(17(22)12-15)24-19(26)13-23-16-6-4-5-14(11-16)20(27)25-9-2-1-3-10-25/h4-8,11-12,23H,1-3,9-10,13H2,(H,24,26). The molecule has 1 heterocycles. The summed E-state index contributed by atoms with van der Waals surface area (Å²) in [4.78, 5) is 26.6. The van der Waals surface area contributed by atoms with Crippen molar-refractivity contribution in [3.63, 3.8) is 0 Å². The average Bonchev–Trinajstić information content (AvgIpc) is 2.69. The minimum atomic E-state index is -0.244. The maximum atomic E-state index is 12.6. The van der Waals surface area contributed by atoms with E-state index in [1.54, 1.807) is 30.3 Å². The van der Waals surface area contributed by atoms with E-state index in [1.807, 2.05) is 17.0 Å². The SMILES string of the molecule is O=C(CNc1cccc(C(=O)N2CCCCC2)c1)Nc1ccc(Cl)cc1Cl. The van der Waals surface area contributed by atoms with E-state index in [-0.39, 0.29) is 18.4 Å². The molecule has 0 unspecified atom stereocenters. The van der Waals surface area contributed by atoms with Crippen molar-refractivity contribution in [1.29, 1.82) is 0 Å². The van der Waals surface area contributed by atoms with E-state index in [0.717, 1.165) is 31.6 Å². The fourth-order valence-electron chi connectivity index (χ4n) is 3.01. The highest BCUT2D eigenvalue weighted by molar-refractivity contribution is 6.36. The van der Waals surface area contributed by atoms with Gasteiger partial charge in [0.05, 0.1) is 17.3 Å². The van der Waals surface area contributed by atoms with E-state index in [2.05, 4.69) is 10.6 Å². The van der Waals surface area contributed by atoms with Crippen molar-refractivity contribution >= 4 is 46.4 Å². The fourth-order valence-corrected chi connectivity index (χ4v) is 3.47. The Morgan fingerprint density at radius 2 is 1.78 bits per heavy atom. The fraction of sp³-hybridized carbons (Fsp3) is 0.300. The number of hydrogen-bond donors (Lipinski definition) is 2. The summed E-state index contributed by atoms with van der Waals surface area (Å²) in [5.41, 5.74) is 1.85. The number of piperidine rings is 1. The maximum Gasteiger partial charge on any atom is 0.253 e. The van der Waals surface area contributed by atoms with Crippen LogP contribution in [0.25, 0.3) is 0 Å². The summed E-state index contributed by atoms with van der Waals surface area (Å²) in [6, 6.07) is 12.1. The number of carbonyl (C=O) groups excluding carboxylic acids is 2. The Labute approximate surface area is 168 Å². The van der Waals surface area contributed by atoms with Crippen molar-refractivity contribution in [3.8, 4) is 0 Å². The number of nitrogens with zero attached hydrogens (tertiary/aromatic N) is 1. The van der Waals surface area contributed by atoms with Gasteiger partial charge in [0.1, 0.15) is 0 Å². The molecule has 2 N–H and O–H groups in total. The molecular weight excluding hydrogens is 385 g/mol. The van der Waals surface area contributed by atoms with Crippen LogP contribution in [0.15, 0.2) is 42.5 Å². The van der Waals surface area contributed by atoms with Gasteiger partial charge in [-0.1, -0.05) is 29.3 Å². The number of hydrogen-bond acceptors (Lipinski definition) is 3. The molecule has 27 heavy (non-hydrogen) atoms. The molecule has 7 heteroatoms. The Balaban J connectivity index is 1.57. The maximum absolute atomic E-state index is 12.6. The summed E-state index contributed by atoms with van der Waals surface area (Å²) in [6.07, 6.45) is 3.28. The normalized spacial score (nSPS) is 13.9. The van der Waals surface area contributed by atoms with Crippen molar-refractivity contribution in [3.05, 3.63) is 58.1 Å². The molecule has 2 amide bonds. The van der Waals surface area contributed by atoms with Crippen LogP contribution in [0.2, 0.25) is 10.0 Å².